The molecule has 4 atom stereocenters. The fourth-order valence-corrected chi connectivity index (χ4v) is 6.78. The number of phenolic OH excluding ortho intramolecular Hbond substituents is 1. The van der Waals surface area contributed by atoms with Crippen molar-refractivity contribution in [3.05, 3.63) is 34.4 Å². The van der Waals surface area contributed by atoms with Gasteiger partial charge in [0.2, 0.25) is 5.78 Å². The van der Waals surface area contributed by atoms with Crippen LogP contribution in [0.3, 0.4) is 0 Å². The number of likely N-dealkylation sites (tertiary alicyclic amines) is 1. The van der Waals surface area contributed by atoms with Crippen molar-refractivity contribution in [2.24, 2.45) is 5.41 Å². The number of nitrogens with zero attached hydrogens (tertiary/aromatic N) is 1. The van der Waals surface area contributed by atoms with E-state index in [1.165, 1.54) is 11.1 Å². The van der Waals surface area contributed by atoms with Gasteiger partial charge in [0.05, 0.1) is 5.41 Å². The molecule has 5 rings (SSSR count). The van der Waals surface area contributed by atoms with Crippen molar-refractivity contribution >= 4 is 5.78 Å². The maximum atomic E-state index is 13.4. The minimum Gasteiger partial charge on any atom is -0.504 e. The van der Waals surface area contributed by atoms with E-state index in [0.29, 0.717) is 11.8 Å². The van der Waals surface area contributed by atoms with Gasteiger partial charge in [-0.2, -0.15) is 0 Å². The van der Waals surface area contributed by atoms with Crippen LogP contribution >= 0.6 is 0 Å². The zero-order chi connectivity index (χ0) is 17.9. The maximum Gasteiger partial charge on any atom is 0.202 e. The Kier molecular flexibility index (Phi) is 2.54. The van der Waals surface area contributed by atoms with E-state index in [1.807, 2.05) is 19.9 Å². The number of rotatable bonds is 0. The average molecular weight is 339 g/mol. The second-order valence-electron chi connectivity index (χ2n) is 8.72. The Labute approximate surface area is 148 Å². The Morgan fingerprint density at radius 2 is 2.00 bits per heavy atom. The minimum absolute atomic E-state index is 0.0780. The SMILES string of the molecule is CC1=C(C)[C@@]2(C)[C@H]3Cc4ccc(O)c5c4[C@@]2(CCN3C)[C@@](C)(O5)C1=O. The molecule has 1 saturated heterocycles. The molecule has 2 bridgehead atoms. The highest BCUT2D eigenvalue weighted by atomic mass is 16.5. The molecular formula is C21H25NO3. The van der Waals surface area contributed by atoms with Crippen LogP contribution in [0.25, 0.3) is 0 Å². The molecule has 0 unspecified atom stereocenters. The lowest BCUT2D eigenvalue weighted by Crippen LogP contribution is -2.75. The number of piperidine rings is 1. The van der Waals surface area contributed by atoms with Crippen LogP contribution in [-0.4, -0.2) is 41.0 Å². The van der Waals surface area contributed by atoms with Crippen molar-refractivity contribution in [3.8, 4) is 11.5 Å². The highest BCUT2D eigenvalue weighted by Crippen LogP contribution is 2.72. The summed E-state index contributed by atoms with van der Waals surface area (Å²) in [5.74, 6) is 0.783. The number of carbonyl (C=O) groups excluding carboxylic acids is 1. The molecule has 2 aliphatic heterocycles. The number of Topliss-reactive ketones (excluding diaryl/α,β-unsaturated/α-hetero) is 1. The molecule has 2 heterocycles. The van der Waals surface area contributed by atoms with Crippen molar-refractivity contribution in [1.82, 2.24) is 4.90 Å². The molecule has 1 aromatic rings. The number of phenols is 1. The van der Waals surface area contributed by atoms with E-state index < -0.39 is 11.0 Å². The van der Waals surface area contributed by atoms with Crippen molar-refractivity contribution in [2.45, 2.75) is 57.6 Å². The molecule has 25 heavy (non-hydrogen) atoms. The number of ketones is 1. The first kappa shape index (κ1) is 15.4. The van der Waals surface area contributed by atoms with Crippen molar-refractivity contribution in [3.63, 3.8) is 0 Å². The lowest BCUT2D eigenvalue weighted by molar-refractivity contribution is -0.152. The molecule has 0 saturated carbocycles. The molecule has 1 N–H and O–H groups in total. The molecule has 4 heteroatoms. The smallest absolute Gasteiger partial charge is 0.202 e. The van der Waals surface area contributed by atoms with Crippen LogP contribution in [0.5, 0.6) is 11.5 Å². The van der Waals surface area contributed by atoms with E-state index in [2.05, 4.69) is 25.8 Å². The second-order valence-corrected chi connectivity index (χ2v) is 8.72. The van der Waals surface area contributed by atoms with Crippen molar-refractivity contribution < 1.29 is 14.6 Å². The third kappa shape index (κ3) is 1.28. The van der Waals surface area contributed by atoms with E-state index in [1.54, 1.807) is 6.07 Å². The molecule has 0 radical (unpaired) electrons. The quantitative estimate of drug-likeness (QED) is 0.789. The Bertz CT molecular complexity index is 887. The first-order chi connectivity index (χ1) is 11.7. The van der Waals surface area contributed by atoms with Crippen LogP contribution < -0.4 is 4.74 Å². The van der Waals surface area contributed by atoms with Crippen LogP contribution in [0.1, 0.15) is 45.2 Å². The summed E-state index contributed by atoms with van der Waals surface area (Å²) in [5.41, 5.74) is 2.82. The number of likely N-dealkylation sites (N-methyl/N-ethyl adjacent to an activating group) is 1. The van der Waals surface area contributed by atoms with Crippen LogP contribution in [0.15, 0.2) is 23.3 Å². The third-order valence-electron chi connectivity index (χ3n) is 8.22. The zero-order valence-corrected chi connectivity index (χ0v) is 15.6. The number of hydrogen-bond acceptors (Lipinski definition) is 4. The molecule has 1 aromatic carbocycles. The lowest BCUT2D eigenvalue weighted by atomic mass is 9.40. The summed E-state index contributed by atoms with van der Waals surface area (Å²) in [6.45, 7) is 9.29. The Balaban J connectivity index is 1.98. The molecule has 2 aliphatic carbocycles. The molecule has 132 valence electrons. The monoisotopic (exact) mass is 339 g/mol. The van der Waals surface area contributed by atoms with Gasteiger partial charge in [-0.25, -0.2) is 0 Å². The van der Waals surface area contributed by atoms with Gasteiger partial charge in [-0.3, -0.25) is 4.79 Å². The largest absolute Gasteiger partial charge is 0.504 e. The molecular weight excluding hydrogens is 314 g/mol. The minimum atomic E-state index is -0.943. The standard InChI is InChI=1S/C21H25NO3/c1-11-12(2)19(3)15-10-13-6-7-14(23)17-16(13)21(19,8-9-22(15)5)20(4,25-17)18(11)24/h6-7,15,23H,8-10H2,1-5H3/t15-,19+,20+,21-/m1/s1. The van der Waals surface area contributed by atoms with E-state index in [-0.39, 0.29) is 16.9 Å². The van der Waals surface area contributed by atoms with Crippen molar-refractivity contribution in [2.75, 3.05) is 13.6 Å². The topological polar surface area (TPSA) is 49.8 Å². The van der Waals surface area contributed by atoms with Gasteiger partial charge in [0, 0.05) is 17.0 Å². The molecule has 1 spiro atoms. The summed E-state index contributed by atoms with van der Waals surface area (Å²) < 4.78 is 6.38. The molecule has 0 aromatic heterocycles. The van der Waals surface area contributed by atoms with Crippen LogP contribution in [0, 0.1) is 5.41 Å². The summed E-state index contributed by atoms with van der Waals surface area (Å²) in [6, 6.07) is 4.08. The predicted octanol–water partition coefficient (Wildman–Crippen LogP) is 2.97. The second kappa shape index (κ2) is 4.12. The van der Waals surface area contributed by atoms with Gasteiger partial charge in [-0.1, -0.05) is 18.6 Å². The Morgan fingerprint density at radius 3 is 2.72 bits per heavy atom. The predicted molar refractivity (Wildman–Crippen MR) is 95.0 cm³/mol. The van der Waals surface area contributed by atoms with Crippen LogP contribution in [0.2, 0.25) is 0 Å². The van der Waals surface area contributed by atoms with Crippen molar-refractivity contribution in [1.29, 1.82) is 0 Å². The molecule has 4 nitrogen and oxygen atoms in total. The summed E-state index contributed by atoms with van der Waals surface area (Å²) >= 11 is 0. The number of aromatic hydroxyl groups is 1. The van der Waals surface area contributed by atoms with E-state index in [9.17, 15) is 9.90 Å². The maximum absolute atomic E-state index is 13.4. The summed E-state index contributed by atoms with van der Waals surface area (Å²) in [5, 5.41) is 10.5. The number of carbonyl (C=O) groups is 1. The van der Waals surface area contributed by atoms with E-state index >= 15 is 0 Å². The molecule has 1 fully saturated rings. The van der Waals surface area contributed by atoms with Gasteiger partial charge in [0.25, 0.3) is 0 Å². The van der Waals surface area contributed by atoms with Gasteiger partial charge in [-0.15, -0.1) is 0 Å². The summed E-state index contributed by atoms with van der Waals surface area (Å²) in [4.78, 5) is 15.9. The molecule has 0 amide bonds. The lowest BCUT2D eigenvalue weighted by Gasteiger charge is -2.66. The fourth-order valence-electron chi connectivity index (χ4n) is 6.78. The average Bonchev–Trinajstić information content (AvgIpc) is 2.86. The fraction of sp³-hybridized carbons (Fsp3) is 0.571. The molecule has 4 aliphatic rings. The summed E-state index contributed by atoms with van der Waals surface area (Å²) in [6.07, 6.45) is 1.79. The van der Waals surface area contributed by atoms with Gasteiger partial charge in [-0.05, 0) is 64.4 Å². The normalized spacial score (nSPS) is 41.6. The number of ether oxygens (including phenoxy) is 1. The number of benzene rings is 1. The van der Waals surface area contributed by atoms with Gasteiger partial charge >= 0.3 is 0 Å². The Hall–Kier alpha value is -1.81. The Morgan fingerprint density at radius 1 is 1.28 bits per heavy atom. The highest BCUT2D eigenvalue weighted by molar-refractivity contribution is 6.06. The first-order valence-corrected chi connectivity index (χ1v) is 9.17. The third-order valence-corrected chi connectivity index (χ3v) is 8.22. The van der Waals surface area contributed by atoms with Gasteiger partial charge in [0.15, 0.2) is 17.1 Å². The zero-order valence-electron chi connectivity index (χ0n) is 15.6. The van der Waals surface area contributed by atoms with E-state index in [4.69, 9.17) is 4.74 Å². The summed E-state index contributed by atoms with van der Waals surface area (Å²) in [7, 11) is 2.20. The van der Waals surface area contributed by atoms with Crippen LogP contribution in [-0.2, 0) is 16.6 Å². The first-order valence-electron chi connectivity index (χ1n) is 9.17. The van der Waals surface area contributed by atoms with Gasteiger partial charge in [0.1, 0.15) is 0 Å². The van der Waals surface area contributed by atoms with E-state index in [0.717, 1.165) is 30.5 Å². The van der Waals surface area contributed by atoms with Gasteiger partial charge < -0.3 is 14.7 Å². The highest BCUT2D eigenvalue weighted by Gasteiger charge is 2.77. The van der Waals surface area contributed by atoms with Crippen LogP contribution in [0.4, 0.5) is 0 Å². The number of hydrogen-bond donors (Lipinski definition) is 1.